The SMILES string of the molecule is Cl.NC(=O)CC(N)C(=O)NC1CC2CCC1C2. The largest absolute Gasteiger partial charge is 0.370 e. The second-order valence-corrected chi connectivity index (χ2v) is 5.07. The highest BCUT2D eigenvalue weighted by molar-refractivity contribution is 5.87. The summed E-state index contributed by atoms with van der Waals surface area (Å²) in [5.41, 5.74) is 10.6. The molecule has 4 atom stereocenters. The first-order chi connectivity index (χ1) is 7.56. The summed E-state index contributed by atoms with van der Waals surface area (Å²) in [6.45, 7) is 0. The molecule has 98 valence electrons. The van der Waals surface area contributed by atoms with Crippen LogP contribution in [0.15, 0.2) is 0 Å². The van der Waals surface area contributed by atoms with Crippen molar-refractivity contribution in [3.8, 4) is 0 Å². The zero-order valence-electron chi connectivity index (χ0n) is 9.72. The van der Waals surface area contributed by atoms with E-state index in [2.05, 4.69) is 5.32 Å². The summed E-state index contributed by atoms with van der Waals surface area (Å²) in [6.07, 6.45) is 4.73. The van der Waals surface area contributed by atoms with Gasteiger partial charge in [-0.3, -0.25) is 9.59 Å². The van der Waals surface area contributed by atoms with Crippen molar-refractivity contribution < 1.29 is 9.59 Å². The second-order valence-electron chi connectivity index (χ2n) is 5.07. The Labute approximate surface area is 107 Å². The van der Waals surface area contributed by atoms with E-state index in [4.69, 9.17) is 11.5 Å². The monoisotopic (exact) mass is 261 g/mol. The van der Waals surface area contributed by atoms with E-state index in [1.165, 1.54) is 19.3 Å². The molecule has 2 saturated carbocycles. The first-order valence-corrected chi connectivity index (χ1v) is 5.90. The number of hydrogen-bond donors (Lipinski definition) is 3. The van der Waals surface area contributed by atoms with Crippen molar-refractivity contribution in [2.24, 2.45) is 23.3 Å². The Hall–Kier alpha value is -0.810. The van der Waals surface area contributed by atoms with Crippen LogP contribution < -0.4 is 16.8 Å². The molecule has 4 unspecified atom stereocenters. The maximum atomic E-state index is 11.7. The van der Waals surface area contributed by atoms with Gasteiger partial charge in [0.15, 0.2) is 0 Å². The first kappa shape index (κ1) is 14.3. The number of amides is 2. The van der Waals surface area contributed by atoms with Gasteiger partial charge in [0.2, 0.25) is 11.8 Å². The molecule has 0 aromatic heterocycles. The number of rotatable bonds is 4. The molecule has 2 amide bonds. The maximum absolute atomic E-state index is 11.7. The maximum Gasteiger partial charge on any atom is 0.237 e. The molecular formula is C11H20ClN3O2. The van der Waals surface area contributed by atoms with Crippen molar-refractivity contribution in [3.05, 3.63) is 0 Å². The highest BCUT2D eigenvalue weighted by Gasteiger charge is 2.40. The van der Waals surface area contributed by atoms with Crippen LogP contribution in [-0.2, 0) is 9.59 Å². The van der Waals surface area contributed by atoms with Crippen molar-refractivity contribution in [2.75, 3.05) is 0 Å². The smallest absolute Gasteiger partial charge is 0.237 e. The molecule has 5 nitrogen and oxygen atoms in total. The summed E-state index contributed by atoms with van der Waals surface area (Å²) in [7, 11) is 0. The average Bonchev–Trinajstić information content (AvgIpc) is 2.77. The number of carbonyl (C=O) groups excluding carboxylic acids is 2. The number of fused-ring (bicyclic) bond motifs is 2. The van der Waals surface area contributed by atoms with Gasteiger partial charge in [0.05, 0.1) is 12.5 Å². The summed E-state index contributed by atoms with van der Waals surface area (Å²) in [5.74, 6) is 0.629. The minimum absolute atomic E-state index is 0. The minimum atomic E-state index is -0.795. The molecule has 0 heterocycles. The summed E-state index contributed by atoms with van der Waals surface area (Å²) in [4.78, 5) is 22.3. The normalized spacial score (nSPS) is 31.7. The average molecular weight is 262 g/mol. The summed E-state index contributed by atoms with van der Waals surface area (Å²) in [5, 5.41) is 2.94. The topological polar surface area (TPSA) is 98.2 Å². The van der Waals surface area contributed by atoms with E-state index in [-0.39, 0.29) is 30.8 Å². The summed E-state index contributed by atoms with van der Waals surface area (Å²) >= 11 is 0. The molecule has 2 bridgehead atoms. The number of nitrogens with one attached hydrogen (secondary N) is 1. The van der Waals surface area contributed by atoms with E-state index in [0.717, 1.165) is 12.3 Å². The van der Waals surface area contributed by atoms with Gasteiger partial charge in [-0.25, -0.2) is 0 Å². The van der Waals surface area contributed by atoms with E-state index in [1.807, 2.05) is 0 Å². The molecule has 0 aliphatic heterocycles. The molecular weight excluding hydrogens is 242 g/mol. The zero-order chi connectivity index (χ0) is 11.7. The van der Waals surface area contributed by atoms with Crippen molar-refractivity contribution >= 4 is 24.2 Å². The number of primary amides is 1. The third-order valence-corrected chi connectivity index (χ3v) is 3.82. The number of nitrogens with two attached hydrogens (primary N) is 2. The highest BCUT2D eigenvalue weighted by Crippen LogP contribution is 2.44. The molecule has 5 N–H and O–H groups in total. The van der Waals surface area contributed by atoms with Crippen molar-refractivity contribution in [1.29, 1.82) is 0 Å². The van der Waals surface area contributed by atoms with Crippen molar-refractivity contribution in [1.82, 2.24) is 5.32 Å². The Kier molecular flexibility index (Phi) is 4.77. The predicted molar refractivity (Wildman–Crippen MR) is 66.4 cm³/mol. The van der Waals surface area contributed by atoms with Crippen LogP contribution in [0.1, 0.15) is 32.1 Å². The zero-order valence-corrected chi connectivity index (χ0v) is 10.5. The van der Waals surface area contributed by atoms with E-state index < -0.39 is 11.9 Å². The quantitative estimate of drug-likeness (QED) is 0.660. The van der Waals surface area contributed by atoms with Gasteiger partial charge >= 0.3 is 0 Å². The summed E-state index contributed by atoms with van der Waals surface area (Å²) < 4.78 is 0. The van der Waals surface area contributed by atoms with E-state index >= 15 is 0 Å². The standard InChI is InChI=1S/C11H19N3O2.ClH/c12-8(5-10(13)15)11(16)14-9-4-6-1-2-7(9)3-6;/h6-9H,1-5,12H2,(H2,13,15)(H,14,16);1H. The van der Waals surface area contributed by atoms with Crippen molar-refractivity contribution in [2.45, 2.75) is 44.2 Å². The molecule has 2 fully saturated rings. The van der Waals surface area contributed by atoms with Gasteiger partial charge in [-0.05, 0) is 31.1 Å². The first-order valence-electron chi connectivity index (χ1n) is 5.90. The van der Waals surface area contributed by atoms with Gasteiger partial charge in [-0.1, -0.05) is 6.42 Å². The van der Waals surface area contributed by atoms with Gasteiger partial charge in [0, 0.05) is 6.04 Å². The molecule has 0 spiro atoms. The van der Waals surface area contributed by atoms with Gasteiger partial charge in [-0.15, -0.1) is 12.4 Å². The summed E-state index contributed by atoms with van der Waals surface area (Å²) in [6, 6.07) is -0.526. The molecule has 2 rings (SSSR count). The fourth-order valence-electron chi connectivity index (χ4n) is 3.02. The van der Waals surface area contributed by atoms with E-state index in [9.17, 15) is 9.59 Å². The fraction of sp³-hybridized carbons (Fsp3) is 0.818. The van der Waals surface area contributed by atoms with Crippen LogP contribution in [0.5, 0.6) is 0 Å². The number of halogens is 1. The van der Waals surface area contributed by atoms with Crippen LogP contribution in [-0.4, -0.2) is 23.9 Å². The molecule has 0 radical (unpaired) electrons. The predicted octanol–water partition coefficient (Wildman–Crippen LogP) is -0.0843. The van der Waals surface area contributed by atoms with Crippen LogP contribution >= 0.6 is 12.4 Å². The van der Waals surface area contributed by atoms with Crippen LogP contribution in [0.4, 0.5) is 0 Å². The third-order valence-electron chi connectivity index (χ3n) is 3.82. The highest BCUT2D eigenvalue weighted by atomic mass is 35.5. The second kappa shape index (κ2) is 5.69. The van der Waals surface area contributed by atoms with Gasteiger partial charge in [-0.2, -0.15) is 0 Å². The molecule has 17 heavy (non-hydrogen) atoms. The van der Waals surface area contributed by atoms with E-state index in [1.54, 1.807) is 0 Å². The molecule has 0 aromatic rings. The molecule has 0 saturated heterocycles. The van der Waals surface area contributed by atoms with Gasteiger partial charge in [0.25, 0.3) is 0 Å². The lowest BCUT2D eigenvalue weighted by atomic mass is 9.95. The lowest BCUT2D eigenvalue weighted by Gasteiger charge is -2.24. The Balaban J connectivity index is 0.00000144. The minimum Gasteiger partial charge on any atom is -0.370 e. The fourth-order valence-corrected chi connectivity index (χ4v) is 3.02. The number of carbonyl (C=O) groups is 2. The Morgan fingerprint density at radius 2 is 2.00 bits per heavy atom. The molecule has 0 aromatic carbocycles. The molecule has 6 heteroatoms. The Bertz CT molecular complexity index is 311. The molecule has 2 aliphatic carbocycles. The van der Waals surface area contributed by atoms with Crippen LogP contribution in [0.2, 0.25) is 0 Å². The number of hydrogen-bond acceptors (Lipinski definition) is 3. The van der Waals surface area contributed by atoms with Crippen LogP contribution in [0.25, 0.3) is 0 Å². The lowest BCUT2D eigenvalue weighted by molar-refractivity contribution is -0.127. The Morgan fingerprint density at radius 3 is 2.47 bits per heavy atom. The van der Waals surface area contributed by atoms with E-state index in [0.29, 0.717) is 5.92 Å². The molecule has 2 aliphatic rings. The van der Waals surface area contributed by atoms with Crippen molar-refractivity contribution in [3.63, 3.8) is 0 Å². The van der Waals surface area contributed by atoms with Gasteiger partial charge in [0.1, 0.15) is 0 Å². The van der Waals surface area contributed by atoms with Crippen LogP contribution in [0.3, 0.4) is 0 Å². The third kappa shape index (κ3) is 3.33. The lowest BCUT2D eigenvalue weighted by Crippen LogP contribution is -2.48. The van der Waals surface area contributed by atoms with Gasteiger partial charge < -0.3 is 16.8 Å². The Morgan fingerprint density at radius 1 is 1.29 bits per heavy atom. The van der Waals surface area contributed by atoms with Crippen LogP contribution in [0, 0.1) is 11.8 Å².